The zero-order valence-electron chi connectivity index (χ0n) is 11.4. The third kappa shape index (κ3) is 2.81. The second-order valence-corrected chi connectivity index (χ2v) is 4.39. The maximum Gasteiger partial charge on any atom is 0.169 e. The maximum atomic E-state index is 9.29. The van der Waals surface area contributed by atoms with E-state index >= 15 is 0 Å². The fraction of sp³-hybridized carbons (Fsp3) is 0.0625. The molecule has 0 atom stereocenters. The number of aromatic nitrogens is 2. The van der Waals surface area contributed by atoms with Gasteiger partial charge in [-0.25, -0.2) is 4.68 Å². The number of methoxy groups -OCH3 is 1. The molecule has 106 valence electrons. The molecule has 0 saturated heterocycles. The van der Waals surface area contributed by atoms with Crippen molar-refractivity contribution in [2.75, 3.05) is 7.11 Å². The third-order valence-electron chi connectivity index (χ3n) is 2.97. The number of para-hydroxylation sites is 2. The molecule has 0 aliphatic rings. The predicted octanol–water partition coefficient (Wildman–Crippen LogP) is 3.38. The Hall–Kier alpha value is -2.95. The van der Waals surface area contributed by atoms with Crippen LogP contribution < -0.4 is 9.47 Å². The summed E-state index contributed by atoms with van der Waals surface area (Å²) < 4.78 is 12.7. The summed E-state index contributed by atoms with van der Waals surface area (Å²) in [5.41, 5.74) is 0.836. The largest absolute Gasteiger partial charge is 0.508 e. The maximum absolute atomic E-state index is 9.29. The van der Waals surface area contributed by atoms with Gasteiger partial charge in [0.05, 0.1) is 25.2 Å². The summed E-state index contributed by atoms with van der Waals surface area (Å²) in [5, 5.41) is 13.5. The van der Waals surface area contributed by atoms with Crippen molar-refractivity contribution in [3.8, 4) is 28.7 Å². The highest BCUT2D eigenvalue weighted by Crippen LogP contribution is 2.30. The molecule has 0 amide bonds. The number of phenols is 1. The highest BCUT2D eigenvalue weighted by atomic mass is 16.5. The normalized spacial score (nSPS) is 10.3. The molecule has 0 aliphatic carbocycles. The Kier molecular flexibility index (Phi) is 3.47. The van der Waals surface area contributed by atoms with Crippen LogP contribution in [0.4, 0.5) is 0 Å². The van der Waals surface area contributed by atoms with E-state index in [9.17, 15) is 5.11 Å². The summed E-state index contributed by atoms with van der Waals surface area (Å²) in [6.45, 7) is 0. The molecular weight excluding hydrogens is 268 g/mol. The molecule has 1 N–H and O–H groups in total. The average molecular weight is 282 g/mol. The quantitative estimate of drug-likeness (QED) is 0.797. The van der Waals surface area contributed by atoms with Gasteiger partial charge in [0.15, 0.2) is 17.2 Å². The van der Waals surface area contributed by atoms with Crippen LogP contribution in [0.25, 0.3) is 5.69 Å². The standard InChI is InChI=1S/C16H14N2O3/c1-20-15-4-2-3-5-16(15)21-14-10-17-18(11-14)12-6-8-13(19)9-7-12/h2-11,19H,1H3. The van der Waals surface area contributed by atoms with Crippen molar-refractivity contribution in [1.82, 2.24) is 9.78 Å². The van der Waals surface area contributed by atoms with E-state index in [1.165, 1.54) is 0 Å². The number of rotatable bonds is 4. The molecule has 0 fully saturated rings. The van der Waals surface area contributed by atoms with Gasteiger partial charge in [0.1, 0.15) is 5.75 Å². The molecule has 2 aromatic carbocycles. The Balaban J connectivity index is 1.83. The first-order valence-electron chi connectivity index (χ1n) is 6.41. The van der Waals surface area contributed by atoms with E-state index in [1.54, 1.807) is 48.5 Å². The van der Waals surface area contributed by atoms with Crippen molar-refractivity contribution in [3.05, 3.63) is 60.9 Å². The van der Waals surface area contributed by atoms with Gasteiger partial charge in [-0.15, -0.1) is 0 Å². The minimum atomic E-state index is 0.219. The van der Waals surface area contributed by atoms with E-state index in [1.807, 2.05) is 24.3 Å². The molecule has 0 bridgehead atoms. The van der Waals surface area contributed by atoms with Crippen molar-refractivity contribution in [2.24, 2.45) is 0 Å². The Labute approximate surface area is 122 Å². The van der Waals surface area contributed by atoms with E-state index in [0.717, 1.165) is 5.69 Å². The van der Waals surface area contributed by atoms with Crippen LogP contribution in [0.3, 0.4) is 0 Å². The Morgan fingerprint density at radius 1 is 1.00 bits per heavy atom. The number of ether oxygens (including phenoxy) is 2. The van der Waals surface area contributed by atoms with Gasteiger partial charge in [-0.1, -0.05) is 12.1 Å². The minimum Gasteiger partial charge on any atom is -0.508 e. The summed E-state index contributed by atoms with van der Waals surface area (Å²) in [6.07, 6.45) is 3.39. The Morgan fingerprint density at radius 2 is 1.71 bits per heavy atom. The SMILES string of the molecule is COc1ccccc1Oc1cnn(-c2ccc(O)cc2)c1. The van der Waals surface area contributed by atoms with Crippen LogP contribution >= 0.6 is 0 Å². The van der Waals surface area contributed by atoms with E-state index < -0.39 is 0 Å². The monoisotopic (exact) mass is 282 g/mol. The van der Waals surface area contributed by atoms with Crippen molar-refractivity contribution < 1.29 is 14.6 Å². The molecule has 5 nitrogen and oxygen atoms in total. The van der Waals surface area contributed by atoms with Gasteiger partial charge in [-0.3, -0.25) is 0 Å². The second kappa shape index (κ2) is 5.58. The number of hydrogen-bond acceptors (Lipinski definition) is 4. The number of aromatic hydroxyl groups is 1. The lowest BCUT2D eigenvalue weighted by molar-refractivity contribution is 0.379. The highest BCUT2D eigenvalue weighted by Gasteiger charge is 2.07. The van der Waals surface area contributed by atoms with Crippen LogP contribution in [0.1, 0.15) is 0 Å². The van der Waals surface area contributed by atoms with Crippen molar-refractivity contribution >= 4 is 0 Å². The second-order valence-electron chi connectivity index (χ2n) is 4.39. The van der Waals surface area contributed by atoms with Gasteiger partial charge in [-0.2, -0.15) is 5.10 Å². The van der Waals surface area contributed by atoms with Crippen LogP contribution in [0.5, 0.6) is 23.0 Å². The number of hydrogen-bond donors (Lipinski definition) is 1. The number of benzene rings is 2. The van der Waals surface area contributed by atoms with Gasteiger partial charge >= 0.3 is 0 Å². The van der Waals surface area contributed by atoms with Crippen LogP contribution in [0.15, 0.2) is 60.9 Å². The lowest BCUT2D eigenvalue weighted by atomic mass is 10.3. The summed E-state index contributed by atoms with van der Waals surface area (Å²) in [5.74, 6) is 2.11. The third-order valence-corrected chi connectivity index (χ3v) is 2.97. The van der Waals surface area contributed by atoms with E-state index in [-0.39, 0.29) is 5.75 Å². The zero-order valence-corrected chi connectivity index (χ0v) is 11.4. The number of phenolic OH excluding ortho intramolecular Hbond substituents is 1. The van der Waals surface area contributed by atoms with E-state index in [0.29, 0.717) is 17.2 Å². The summed E-state index contributed by atoms with van der Waals surface area (Å²) >= 11 is 0. The molecule has 3 rings (SSSR count). The topological polar surface area (TPSA) is 56.5 Å². The minimum absolute atomic E-state index is 0.219. The highest BCUT2D eigenvalue weighted by molar-refractivity contribution is 5.43. The molecule has 3 aromatic rings. The van der Waals surface area contributed by atoms with Crippen LogP contribution in [0, 0.1) is 0 Å². The number of nitrogens with zero attached hydrogens (tertiary/aromatic N) is 2. The van der Waals surface area contributed by atoms with Gasteiger partial charge in [0.2, 0.25) is 0 Å². The van der Waals surface area contributed by atoms with Gasteiger partial charge in [0, 0.05) is 0 Å². The molecule has 5 heteroatoms. The summed E-state index contributed by atoms with van der Waals surface area (Å²) in [7, 11) is 1.60. The van der Waals surface area contributed by atoms with Crippen LogP contribution in [-0.4, -0.2) is 22.0 Å². The Morgan fingerprint density at radius 3 is 2.43 bits per heavy atom. The van der Waals surface area contributed by atoms with E-state index in [4.69, 9.17) is 9.47 Å². The lowest BCUT2D eigenvalue weighted by Gasteiger charge is -2.07. The van der Waals surface area contributed by atoms with Gasteiger partial charge < -0.3 is 14.6 Å². The fourth-order valence-electron chi connectivity index (χ4n) is 1.94. The first-order chi connectivity index (χ1) is 10.3. The van der Waals surface area contributed by atoms with Gasteiger partial charge in [0.25, 0.3) is 0 Å². The molecule has 0 radical (unpaired) electrons. The van der Waals surface area contributed by atoms with Crippen LogP contribution in [-0.2, 0) is 0 Å². The molecule has 0 spiro atoms. The van der Waals surface area contributed by atoms with E-state index in [2.05, 4.69) is 5.10 Å². The van der Waals surface area contributed by atoms with Crippen molar-refractivity contribution in [3.63, 3.8) is 0 Å². The molecule has 0 unspecified atom stereocenters. The molecular formula is C16H14N2O3. The zero-order chi connectivity index (χ0) is 14.7. The Bertz CT molecular complexity index is 735. The average Bonchev–Trinajstić information content (AvgIpc) is 2.97. The predicted molar refractivity (Wildman–Crippen MR) is 78.3 cm³/mol. The molecule has 0 saturated carbocycles. The first-order valence-corrected chi connectivity index (χ1v) is 6.41. The first kappa shape index (κ1) is 13.1. The lowest BCUT2D eigenvalue weighted by Crippen LogP contribution is -1.93. The summed E-state index contributed by atoms with van der Waals surface area (Å²) in [4.78, 5) is 0. The van der Waals surface area contributed by atoms with Crippen molar-refractivity contribution in [1.29, 1.82) is 0 Å². The van der Waals surface area contributed by atoms with Crippen LogP contribution in [0.2, 0.25) is 0 Å². The van der Waals surface area contributed by atoms with Gasteiger partial charge in [-0.05, 0) is 36.4 Å². The summed E-state index contributed by atoms with van der Waals surface area (Å²) in [6, 6.07) is 14.2. The molecule has 21 heavy (non-hydrogen) atoms. The van der Waals surface area contributed by atoms with Crippen molar-refractivity contribution in [2.45, 2.75) is 0 Å². The fourth-order valence-corrected chi connectivity index (χ4v) is 1.94. The smallest absolute Gasteiger partial charge is 0.169 e. The molecule has 1 heterocycles. The molecule has 0 aliphatic heterocycles. The molecule has 1 aromatic heterocycles.